The van der Waals surface area contributed by atoms with E-state index in [1.165, 1.54) is 5.56 Å². The second-order valence-electron chi connectivity index (χ2n) is 8.26. The van der Waals surface area contributed by atoms with Crippen molar-refractivity contribution in [2.75, 3.05) is 16.8 Å². The van der Waals surface area contributed by atoms with Crippen LogP contribution in [0.5, 0.6) is 0 Å². The van der Waals surface area contributed by atoms with Gasteiger partial charge >= 0.3 is 0 Å². The summed E-state index contributed by atoms with van der Waals surface area (Å²) in [4.78, 5) is 24.6. The fourth-order valence-electron chi connectivity index (χ4n) is 4.08. The Morgan fingerprint density at radius 2 is 1.75 bits per heavy atom. The molecule has 0 saturated heterocycles. The van der Waals surface area contributed by atoms with Crippen molar-refractivity contribution in [1.29, 1.82) is 0 Å². The van der Waals surface area contributed by atoms with Crippen molar-refractivity contribution in [2.45, 2.75) is 66.3 Å². The van der Waals surface area contributed by atoms with Gasteiger partial charge in [0.25, 0.3) is 0 Å². The standard InChI is InChI=1S/C22H30N4O2/c1-8-16(11-27)25-19-17-20(24-15(5)23-19)26(21(28)22(17,6)7)18-13(3)9-12(2)10-14(18)4/h9-10,16,27H,8,11H2,1-7H3,(H,23,24,25). The van der Waals surface area contributed by atoms with E-state index in [4.69, 9.17) is 0 Å². The predicted molar refractivity (Wildman–Crippen MR) is 112 cm³/mol. The maximum Gasteiger partial charge on any atom is 0.243 e. The van der Waals surface area contributed by atoms with Crippen LogP contribution >= 0.6 is 0 Å². The van der Waals surface area contributed by atoms with E-state index in [2.05, 4.69) is 34.3 Å². The first-order chi connectivity index (χ1) is 13.1. The van der Waals surface area contributed by atoms with Gasteiger partial charge in [-0.3, -0.25) is 9.69 Å². The first-order valence-electron chi connectivity index (χ1n) is 9.80. The van der Waals surface area contributed by atoms with E-state index in [0.717, 1.165) is 28.8 Å². The SMILES string of the molecule is CCC(CO)Nc1nc(C)nc2c1C(C)(C)C(=O)N2c1c(C)cc(C)cc1C. The number of fused-ring (bicyclic) bond motifs is 1. The average molecular weight is 383 g/mol. The largest absolute Gasteiger partial charge is 0.394 e. The molecule has 1 aliphatic rings. The van der Waals surface area contributed by atoms with Crippen molar-refractivity contribution < 1.29 is 9.90 Å². The van der Waals surface area contributed by atoms with Crippen molar-refractivity contribution in [3.63, 3.8) is 0 Å². The molecule has 0 saturated carbocycles. The molecule has 6 heteroatoms. The number of aryl methyl sites for hydroxylation is 4. The highest BCUT2D eigenvalue weighted by atomic mass is 16.3. The molecule has 1 unspecified atom stereocenters. The Hall–Kier alpha value is -2.47. The zero-order valence-electron chi connectivity index (χ0n) is 17.8. The number of hydrogen-bond donors (Lipinski definition) is 2. The van der Waals surface area contributed by atoms with Crippen LogP contribution in [-0.2, 0) is 10.2 Å². The van der Waals surface area contributed by atoms with Gasteiger partial charge in [-0.05, 0) is 59.1 Å². The fraction of sp³-hybridized carbons (Fsp3) is 0.500. The number of aliphatic hydroxyl groups is 1. The number of benzene rings is 1. The van der Waals surface area contributed by atoms with Crippen LogP contribution in [0, 0.1) is 27.7 Å². The van der Waals surface area contributed by atoms with Crippen LogP contribution in [0.1, 0.15) is 55.3 Å². The fourth-order valence-corrected chi connectivity index (χ4v) is 4.08. The van der Waals surface area contributed by atoms with Crippen LogP contribution in [0.2, 0.25) is 0 Å². The van der Waals surface area contributed by atoms with Gasteiger partial charge in [-0.15, -0.1) is 0 Å². The van der Waals surface area contributed by atoms with Crippen LogP contribution in [-0.4, -0.2) is 33.6 Å². The maximum atomic E-state index is 13.5. The number of rotatable bonds is 5. The second kappa shape index (κ2) is 7.17. The van der Waals surface area contributed by atoms with Crippen molar-refractivity contribution in [1.82, 2.24) is 9.97 Å². The van der Waals surface area contributed by atoms with Gasteiger partial charge in [0.05, 0.1) is 29.3 Å². The summed E-state index contributed by atoms with van der Waals surface area (Å²) in [5, 5.41) is 13.0. The topological polar surface area (TPSA) is 78.3 Å². The summed E-state index contributed by atoms with van der Waals surface area (Å²) < 4.78 is 0. The Labute approximate surface area is 167 Å². The van der Waals surface area contributed by atoms with E-state index in [1.807, 2.05) is 41.5 Å². The third kappa shape index (κ3) is 3.15. The Bertz CT molecular complexity index is 909. The number of hydrogen-bond acceptors (Lipinski definition) is 5. The zero-order chi connectivity index (χ0) is 20.8. The number of carbonyl (C=O) groups excluding carboxylic acids is 1. The maximum absolute atomic E-state index is 13.5. The third-order valence-corrected chi connectivity index (χ3v) is 5.49. The molecule has 3 rings (SSSR count). The number of anilines is 3. The van der Waals surface area contributed by atoms with E-state index in [9.17, 15) is 9.90 Å². The molecule has 150 valence electrons. The van der Waals surface area contributed by atoms with Crippen molar-refractivity contribution in [3.05, 3.63) is 40.2 Å². The molecule has 6 nitrogen and oxygen atoms in total. The molecule has 0 fully saturated rings. The summed E-state index contributed by atoms with van der Waals surface area (Å²) in [6.07, 6.45) is 0.753. The van der Waals surface area contributed by atoms with Gasteiger partial charge in [-0.25, -0.2) is 9.97 Å². The first-order valence-corrected chi connectivity index (χ1v) is 9.80. The zero-order valence-corrected chi connectivity index (χ0v) is 17.8. The quantitative estimate of drug-likeness (QED) is 0.821. The van der Waals surface area contributed by atoms with Crippen molar-refractivity contribution in [2.24, 2.45) is 0 Å². The number of aromatic nitrogens is 2. The lowest BCUT2D eigenvalue weighted by molar-refractivity contribution is -0.121. The minimum atomic E-state index is -0.775. The summed E-state index contributed by atoms with van der Waals surface area (Å²) >= 11 is 0. The van der Waals surface area contributed by atoms with Crippen LogP contribution in [0.25, 0.3) is 0 Å². The molecule has 1 atom stereocenters. The van der Waals surface area contributed by atoms with Gasteiger partial charge in [-0.2, -0.15) is 0 Å². The van der Waals surface area contributed by atoms with Crippen LogP contribution < -0.4 is 10.2 Å². The Kier molecular flexibility index (Phi) is 5.19. The van der Waals surface area contributed by atoms with E-state index in [-0.39, 0.29) is 18.6 Å². The van der Waals surface area contributed by atoms with Gasteiger partial charge < -0.3 is 10.4 Å². The summed E-state index contributed by atoms with van der Waals surface area (Å²) in [6.45, 7) is 13.8. The molecule has 1 aliphatic heterocycles. The number of carbonyl (C=O) groups is 1. The van der Waals surface area contributed by atoms with Crippen LogP contribution in [0.3, 0.4) is 0 Å². The predicted octanol–water partition coefficient (Wildman–Crippen LogP) is 3.85. The number of amides is 1. The Balaban J connectivity index is 2.25. The average Bonchev–Trinajstić information content (AvgIpc) is 2.79. The molecule has 0 bridgehead atoms. The van der Waals surface area contributed by atoms with Crippen LogP contribution in [0.15, 0.2) is 12.1 Å². The Morgan fingerprint density at radius 1 is 1.14 bits per heavy atom. The minimum absolute atomic E-state index is 0.00257. The van der Waals surface area contributed by atoms with Crippen molar-refractivity contribution >= 4 is 23.2 Å². The molecule has 2 N–H and O–H groups in total. The van der Waals surface area contributed by atoms with Gasteiger partial charge in [0.15, 0.2) is 0 Å². The van der Waals surface area contributed by atoms with Gasteiger partial charge in [-0.1, -0.05) is 24.6 Å². The summed E-state index contributed by atoms with van der Waals surface area (Å²) in [7, 11) is 0. The van der Waals surface area contributed by atoms with Gasteiger partial charge in [0.2, 0.25) is 5.91 Å². The molecule has 1 aromatic carbocycles. The summed E-state index contributed by atoms with van der Waals surface area (Å²) in [6, 6.07) is 4.06. The molecule has 0 aliphatic carbocycles. The lowest BCUT2D eigenvalue weighted by Crippen LogP contribution is -2.34. The van der Waals surface area contributed by atoms with Crippen molar-refractivity contribution in [3.8, 4) is 0 Å². The Morgan fingerprint density at radius 3 is 2.29 bits per heavy atom. The van der Waals surface area contributed by atoms with E-state index in [1.54, 1.807) is 4.90 Å². The molecule has 0 spiro atoms. The summed E-state index contributed by atoms with van der Waals surface area (Å²) in [5.74, 6) is 1.84. The molecule has 2 aromatic rings. The third-order valence-electron chi connectivity index (χ3n) is 5.49. The van der Waals surface area contributed by atoms with E-state index in [0.29, 0.717) is 17.5 Å². The number of nitrogens with one attached hydrogen (secondary N) is 1. The number of aliphatic hydroxyl groups excluding tert-OH is 1. The lowest BCUT2D eigenvalue weighted by atomic mass is 9.87. The molecular formula is C22H30N4O2. The first kappa shape index (κ1) is 20.3. The minimum Gasteiger partial charge on any atom is -0.394 e. The highest BCUT2D eigenvalue weighted by molar-refractivity contribution is 6.13. The van der Waals surface area contributed by atoms with Gasteiger partial charge in [0.1, 0.15) is 17.5 Å². The smallest absolute Gasteiger partial charge is 0.243 e. The molecule has 28 heavy (non-hydrogen) atoms. The molecule has 1 amide bonds. The summed E-state index contributed by atoms with van der Waals surface area (Å²) in [5.41, 5.74) is 4.15. The lowest BCUT2D eigenvalue weighted by Gasteiger charge is -2.23. The molecule has 0 radical (unpaired) electrons. The number of nitrogens with zero attached hydrogens (tertiary/aromatic N) is 3. The second-order valence-corrected chi connectivity index (χ2v) is 8.26. The van der Waals surface area contributed by atoms with Crippen LogP contribution in [0.4, 0.5) is 17.3 Å². The normalized spacial score (nSPS) is 16.3. The molecule has 2 heterocycles. The van der Waals surface area contributed by atoms with E-state index < -0.39 is 5.41 Å². The highest BCUT2D eigenvalue weighted by Crippen LogP contribution is 2.48. The molecular weight excluding hydrogens is 352 g/mol. The monoisotopic (exact) mass is 382 g/mol. The van der Waals surface area contributed by atoms with E-state index >= 15 is 0 Å². The molecule has 1 aromatic heterocycles. The highest BCUT2D eigenvalue weighted by Gasteiger charge is 2.49. The van der Waals surface area contributed by atoms with Gasteiger partial charge in [0, 0.05) is 0 Å².